The average molecular weight is 426 g/mol. The van der Waals surface area contributed by atoms with Gasteiger partial charge in [0, 0.05) is 0 Å². The SMILES string of the molecule is CCOC(=O)C(COC1CCC(Cc2ccccc2)CC1)P(=O)(OCC)OCC. The molecule has 1 aliphatic carbocycles. The Morgan fingerprint density at radius 3 is 2.17 bits per heavy atom. The summed E-state index contributed by atoms with van der Waals surface area (Å²) in [5, 5.41) is 0. The van der Waals surface area contributed by atoms with Crippen LogP contribution in [-0.2, 0) is 34.3 Å². The van der Waals surface area contributed by atoms with E-state index >= 15 is 0 Å². The van der Waals surface area contributed by atoms with Crippen molar-refractivity contribution in [2.75, 3.05) is 26.4 Å². The second kappa shape index (κ2) is 12.5. The zero-order chi connectivity index (χ0) is 21.1. The van der Waals surface area contributed by atoms with Crippen LogP contribution in [0.15, 0.2) is 30.3 Å². The van der Waals surface area contributed by atoms with Crippen LogP contribution >= 0.6 is 7.60 Å². The molecule has 6 nitrogen and oxygen atoms in total. The molecule has 7 heteroatoms. The van der Waals surface area contributed by atoms with Crippen molar-refractivity contribution < 1.29 is 27.9 Å². The van der Waals surface area contributed by atoms with Crippen LogP contribution < -0.4 is 0 Å². The molecule has 1 aliphatic rings. The molecular formula is C22H35O6P. The number of hydrogen-bond acceptors (Lipinski definition) is 6. The average Bonchev–Trinajstić information content (AvgIpc) is 2.71. The first kappa shape index (κ1) is 24.1. The van der Waals surface area contributed by atoms with Crippen molar-refractivity contribution >= 4 is 13.6 Å². The van der Waals surface area contributed by atoms with Gasteiger partial charge in [-0.2, -0.15) is 0 Å². The van der Waals surface area contributed by atoms with Crippen LogP contribution in [0.2, 0.25) is 0 Å². The highest BCUT2D eigenvalue weighted by molar-refractivity contribution is 7.55. The molecule has 2 rings (SSSR count). The molecule has 29 heavy (non-hydrogen) atoms. The van der Waals surface area contributed by atoms with Gasteiger partial charge in [0.1, 0.15) is 0 Å². The summed E-state index contributed by atoms with van der Waals surface area (Å²) < 4.78 is 35.0. The van der Waals surface area contributed by atoms with E-state index in [2.05, 4.69) is 24.3 Å². The van der Waals surface area contributed by atoms with Crippen molar-refractivity contribution in [2.45, 2.75) is 64.6 Å². The van der Waals surface area contributed by atoms with Crippen molar-refractivity contribution in [3.8, 4) is 0 Å². The molecule has 1 saturated carbocycles. The predicted molar refractivity (Wildman–Crippen MR) is 113 cm³/mol. The Balaban J connectivity index is 1.90. The topological polar surface area (TPSA) is 71.1 Å². The summed E-state index contributed by atoms with van der Waals surface area (Å²) in [5.41, 5.74) is 0.318. The first-order chi connectivity index (χ1) is 14.0. The van der Waals surface area contributed by atoms with Crippen molar-refractivity contribution in [3.05, 3.63) is 35.9 Å². The Morgan fingerprint density at radius 1 is 1.00 bits per heavy atom. The maximum absolute atomic E-state index is 13.1. The molecule has 0 aromatic heterocycles. The Kier molecular flexibility index (Phi) is 10.4. The minimum absolute atomic E-state index is 0.00979. The third-order valence-corrected chi connectivity index (χ3v) is 7.57. The van der Waals surface area contributed by atoms with E-state index in [4.69, 9.17) is 18.5 Å². The fourth-order valence-electron chi connectivity index (χ4n) is 3.78. The largest absolute Gasteiger partial charge is 0.465 e. The van der Waals surface area contributed by atoms with E-state index in [9.17, 15) is 9.36 Å². The van der Waals surface area contributed by atoms with E-state index < -0.39 is 19.2 Å². The number of hydrogen-bond donors (Lipinski definition) is 0. The summed E-state index contributed by atoms with van der Waals surface area (Å²) in [5.74, 6) is 0.0616. The van der Waals surface area contributed by atoms with Crippen LogP contribution in [0.25, 0.3) is 0 Å². The number of carbonyl (C=O) groups excluding carboxylic acids is 1. The summed E-state index contributed by atoms with van der Waals surface area (Å²) in [6, 6.07) is 10.5. The van der Waals surface area contributed by atoms with Gasteiger partial charge in [-0.1, -0.05) is 30.3 Å². The molecule has 1 fully saturated rings. The third kappa shape index (κ3) is 7.53. The van der Waals surface area contributed by atoms with E-state index in [0.29, 0.717) is 5.92 Å². The van der Waals surface area contributed by atoms with Gasteiger partial charge >= 0.3 is 13.6 Å². The van der Waals surface area contributed by atoms with Crippen molar-refractivity contribution in [2.24, 2.45) is 5.92 Å². The molecule has 1 aromatic carbocycles. The molecule has 0 amide bonds. The smallest absolute Gasteiger partial charge is 0.347 e. The standard InChI is InChI=1S/C22H35O6P/c1-4-25-22(23)21(29(24,27-5-2)28-6-3)17-26-20-14-12-19(13-15-20)16-18-10-8-7-9-11-18/h7-11,19-21H,4-6,12-17H2,1-3H3. The van der Waals surface area contributed by atoms with E-state index in [1.165, 1.54) is 5.56 Å². The van der Waals surface area contributed by atoms with Gasteiger partial charge in [-0.15, -0.1) is 0 Å². The summed E-state index contributed by atoms with van der Waals surface area (Å²) in [4.78, 5) is 12.4. The molecular weight excluding hydrogens is 391 g/mol. The molecule has 0 N–H and O–H groups in total. The third-order valence-electron chi connectivity index (χ3n) is 5.21. The quantitative estimate of drug-likeness (QED) is 0.346. The Morgan fingerprint density at radius 2 is 1.62 bits per heavy atom. The van der Waals surface area contributed by atoms with Crippen LogP contribution in [0.3, 0.4) is 0 Å². The molecule has 1 aromatic rings. The van der Waals surface area contributed by atoms with Crippen molar-refractivity contribution in [1.29, 1.82) is 0 Å². The van der Waals surface area contributed by atoms with Crippen LogP contribution in [0.1, 0.15) is 52.0 Å². The van der Waals surface area contributed by atoms with Crippen molar-refractivity contribution in [1.82, 2.24) is 0 Å². The van der Waals surface area contributed by atoms with Crippen LogP contribution in [0.5, 0.6) is 0 Å². The lowest BCUT2D eigenvalue weighted by molar-refractivity contribution is -0.145. The van der Waals surface area contributed by atoms with Crippen LogP contribution in [0.4, 0.5) is 0 Å². The summed E-state index contributed by atoms with van der Waals surface area (Å²) in [6.45, 7) is 5.75. The number of benzene rings is 1. The van der Waals surface area contributed by atoms with Crippen molar-refractivity contribution in [3.63, 3.8) is 0 Å². The second-order valence-corrected chi connectivity index (χ2v) is 9.53. The van der Waals surface area contributed by atoms with Gasteiger partial charge in [-0.3, -0.25) is 9.36 Å². The molecule has 164 valence electrons. The van der Waals surface area contributed by atoms with Gasteiger partial charge in [0.2, 0.25) is 0 Å². The lowest BCUT2D eigenvalue weighted by Gasteiger charge is -2.31. The highest BCUT2D eigenvalue weighted by Gasteiger charge is 2.43. The van der Waals surface area contributed by atoms with E-state index in [0.717, 1.165) is 32.1 Å². The molecule has 0 heterocycles. The minimum atomic E-state index is -3.64. The number of esters is 1. The molecule has 0 radical (unpaired) electrons. The summed E-state index contributed by atoms with van der Waals surface area (Å²) in [6.07, 6.45) is 5.16. The van der Waals surface area contributed by atoms with Gasteiger partial charge in [0.25, 0.3) is 0 Å². The van der Waals surface area contributed by atoms with E-state index in [1.807, 2.05) is 6.07 Å². The molecule has 0 aliphatic heterocycles. The van der Waals surface area contributed by atoms with Crippen LogP contribution in [-0.4, -0.2) is 44.2 Å². The Bertz CT molecular complexity index is 632. The van der Waals surface area contributed by atoms with E-state index in [-0.39, 0.29) is 32.5 Å². The van der Waals surface area contributed by atoms with Crippen LogP contribution in [0, 0.1) is 5.92 Å². The maximum Gasteiger partial charge on any atom is 0.347 e. The van der Waals surface area contributed by atoms with E-state index in [1.54, 1.807) is 20.8 Å². The second-order valence-electron chi connectivity index (χ2n) is 7.31. The summed E-state index contributed by atoms with van der Waals surface area (Å²) >= 11 is 0. The highest BCUT2D eigenvalue weighted by atomic mass is 31.2. The summed E-state index contributed by atoms with van der Waals surface area (Å²) in [7, 11) is -3.64. The van der Waals surface area contributed by atoms with Gasteiger partial charge in [-0.05, 0) is 64.4 Å². The lowest BCUT2D eigenvalue weighted by atomic mass is 9.83. The first-order valence-corrected chi connectivity index (χ1v) is 12.3. The molecule has 0 spiro atoms. The van der Waals surface area contributed by atoms with Gasteiger partial charge in [0.15, 0.2) is 5.66 Å². The van der Waals surface area contributed by atoms with Gasteiger partial charge < -0.3 is 18.5 Å². The molecule has 0 saturated heterocycles. The first-order valence-electron chi connectivity index (χ1n) is 10.7. The fourth-order valence-corrected chi connectivity index (χ4v) is 5.54. The zero-order valence-corrected chi connectivity index (χ0v) is 18.8. The fraction of sp³-hybridized carbons (Fsp3) is 0.682. The molecule has 1 unspecified atom stereocenters. The van der Waals surface area contributed by atoms with Gasteiger partial charge in [-0.25, -0.2) is 0 Å². The predicted octanol–water partition coefficient (Wildman–Crippen LogP) is 5.00. The highest BCUT2D eigenvalue weighted by Crippen LogP contribution is 2.53. The maximum atomic E-state index is 13.1. The monoisotopic (exact) mass is 426 g/mol. The van der Waals surface area contributed by atoms with Gasteiger partial charge in [0.05, 0.1) is 32.5 Å². The number of ether oxygens (including phenoxy) is 2. The lowest BCUT2D eigenvalue weighted by Crippen LogP contribution is -2.33. The zero-order valence-electron chi connectivity index (χ0n) is 17.9. The Hall–Kier alpha value is -1.20. The molecule has 0 bridgehead atoms. The minimum Gasteiger partial charge on any atom is -0.465 e. The normalized spacial score (nSPS) is 20.9. The number of carbonyl (C=O) groups is 1. The Labute approximate surface area is 174 Å². The molecule has 1 atom stereocenters. The number of rotatable bonds is 12.